The Bertz CT molecular complexity index is 1090. The van der Waals surface area contributed by atoms with Crippen molar-refractivity contribution in [2.75, 3.05) is 25.6 Å². The van der Waals surface area contributed by atoms with Crippen molar-refractivity contribution in [3.8, 4) is 22.6 Å². The summed E-state index contributed by atoms with van der Waals surface area (Å²) < 4.78 is 16.2. The number of esters is 1. The predicted octanol–water partition coefficient (Wildman–Crippen LogP) is 5.54. The van der Waals surface area contributed by atoms with Crippen LogP contribution in [0.5, 0.6) is 11.5 Å². The van der Waals surface area contributed by atoms with Gasteiger partial charge in [-0.3, -0.25) is 4.79 Å². The molecule has 0 fully saturated rings. The Hall–Kier alpha value is -3.32. The van der Waals surface area contributed by atoms with Gasteiger partial charge in [-0.05, 0) is 56.5 Å². The Morgan fingerprint density at radius 3 is 2.28 bits per heavy atom. The van der Waals surface area contributed by atoms with Gasteiger partial charge < -0.3 is 19.5 Å². The summed E-state index contributed by atoms with van der Waals surface area (Å²) in [5.74, 6) is 0.578. The second-order valence-corrected chi connectivity index (χ2v) is 8.25. The van der Waals surface area contributed by atoms with Gasteiger partial charge in [0.2, 0.25) is 0 Å². The van der Waals surface area contributed by atoms with Gasteiger partial charge in [-0.15, -0.1) is 11.3 Å². The van der Waals surface area contributed by atoms with Crippen LogP contribution in [-0.4, -0.2) is 32.2 Å². The highest BCUT2D eigenvalue weighted by molar-refractivity contribution is 7.15. The number of hydrogen-bond acceptors (Lipinski definition) is 6. The van der Waals surface area contributed by atoms with E-state index in [2.05, 4.69) is 5.32 Å². The molecule has 0 aliphatic heterocycles. The lowest BCUT2D eigenvalue weighted by Crippen LogP contribution is -2.21. The first-order valence-corrected chi connectivity index (χ1v) is 11.2. The van der Waals surface area contributed by atoms with Gasteiger partial charge >= 0.3 is 5.97 Å². The minimum atomic E-state index is -0.485. The molecule has 1 N–H and O–H groups in total. The fourth-order valence-electron chi connectivity index (χ4n) is 3.53. The fourth-order valence-corrected chi connectivity index (χ4v) is 4.51. The lowest BCUT2D eigenvalue weighted by Gasteiger charge is -2.13. The highest BCUT2D eigenvalue weighted by Gasteiger charge is 2.23. The van der Waals surface area contributed by atoms with Crippen LogP contribution < -0.4 is 14.8 Å². The second kappa shape index (κ2) is 10.3. The number of carbonyl (C=O) groups is 2. The van der Waals surface area contributed by atoms with Gasteiger partial charge in [0.25, 0.3) is 5.91 Å². The summed E-state index contributed by atoms with van der Waals surface area (Å²) in [5.41, 5.74) is 4.93. The maximum Gasteiger partial charge on any atom is 0.341 e. The third-order valence-electron chi connectivity index (χ3n) is 4.88. The van der Waals surface area contributed by atoms with Crippen molar-refractivity contribution in [3.63, 3.8) is 0 Å². The van der Waals surface area contributed by atoms with E-state index in [1.807, 2.05) is 62.5 Å². The van der Waals surface area contributed by atoms with Crippen molar-refractivity contribution >= 4 is 28.2 Å². The Morgan fingerprint density at radius 2 is 1.69 bits per heavy atom. The first kappa shape index (κ1) is 23.3. The SMILES string of the molecule is CCOC(=O)c1c(-c2ccc(OC)cc2)csc1NC(=O)COc1c(C)cc(C)cc1C. The van der Waals surface area contributed by atoms with Crippen LogP contribution in [0.1, 0.15) is 34.0 Å². The molecule has 0 saturated heterocycles. The molecule has 6 nitrogen and oxygen atoms in total. The minimum Gasteiger partial charge on any atom is -0.497 e. The van der Waals surface area contributed by atoms with Crippen molar-refractivity contribution < 1.29 is 23.8 Å². The number of hydrogen-bond donors (Lipinski definition) is 1. The molecule has 1 aromatic heterocycles. The molecule has 0 spiro atoms. The molecule has 7 heteroatoms. The van der Waals surface area contributed by atoms with E-state index in [9.17, 15) is 9.59 Å². The zero-order valence-electron chi connectivity index (χ0n) is 18.9. The lowest BCUT2D eigenvalue weighted by molar-refractivity contribution is -0.118. The van der Waals surface area contributed by atoms with E-state index in [0.717, 1.165) is 22.3 Å². The number of aryl methyl sites for hydroxylation is 3. The van der Waals surface area contributed by atoms with Crippen LogP contribution in [0.25, 0.3) is 11.1 Å². The van der Waals surface area contributed by atoms with Crippen LogP contribution in [0.4, 0.5) is 5.00 Å². The van der Waals surface area contributed by atoms with Crippen molar-refractivity contribution in [2.45, 2.75) is 27.7 Å². The van der Waals surface area contributed by atoms with Crippen molar-refractivity contribution in [1.29, 1.82) is 0 Å². The van der Waals surface area contributed by atoms with Gasteiger partial charge in [0.1, 0.15) is 22.1 Å². The number of rotatable bonds is 8. The molecule has 2 aromatic carbocycles. The summed E-state index contributed by atoms with van der Waals surface area (Å²) in [5, 5.41) is 5.08. The van der Waals surface area contributed by atoms with E-state index in [1.54, 1.807) is 14.0 Å². The van der Waals surface area contributed by atoms with Crippen molar-refractivity contribution in [3.05, 3.63) is 64.0 Å². The average molecular weight is 454 g/mol. The zero-order chi connectivity index (χ0) is 23.3. The van der Waals surface area contributed by atoms with E-state index in [4.69, 9.17) is 14.2 Å². The van der Waals surface area contributed by atoms with E-state index in [-0.39, 0.29) is 19.1 Å². The topological polar surface area (TPSA) is 73.9 Å². The molecule has 0 radical (unpaired) electrons. The van der Waals surface area contributed by atoms with Crippen LogP contribution in [0.3, 0.4) is 0 Å². The van der Waals surface area contributed by atoms with Gasteiger partial charge in [-0.25, -0.2) is 4.79 Å². The molecule has 0 unspecified atom stereocenters. The van der Waals surface area contributed by atoms with Gasteiger partial charge in [0.15, 0.2) is 6.61 Å². The van der Waals surface area contributed by atoms with Crippen LogP contribution in [0, 0.1) is 20.8 Å². The normalized spacial score (nSPS) is 10.5. The van der Waals surface area contributed by atoms with Crippen LogP contribution in [-0.2, 0) is 9.53 Å². The third-order valence-corrected chi connectivity index (χ3v) is 5.77. The molecule has 0 saturated carbocycles. The predicted molar refractivity (Wildman–Crippen MR) is 127 cm³/mol. The summed E-state index contributed by atoms with van der Waals surface area (Å²) in [6.45, 7) is 7.74. The van der Waals surface area contributed by atoms with E-state index in [1.165, 1.54) is 11.3 Å². The van der Waals surface area contributed by atoms with E-state index in [0.29, 0.717) is 27.6 Å². The number of amides is 1. The maximum absolute atomic E-state index is 12.7. The number of benzene rings is 2. The molecule has 1 amide bonds. The molecule has 0 bridgehead atoms. The van der Waals surface area contributed by atoms with Gasteiger partial charge in [-0.2, -0.15) is 0 Å². The van der Waals surface area contributed by atoms with Crippen LogP contribution >= 0.6 is 11.3 Å². The van der Waals surface area contributed by atoms with Crippen molar-refractivity contribution in [1.82, 2.24) is 0 Å². The summed E-state index contributed by atoms with van der Waals surface area (Å²) in [6, 6.07) is 11.4. The smallest absolute Gasteiger partial charge is 0.341 e. The summed E-state index contributed by atoms with van der Waals surface area (Å²) >= 11 is 1.27. The standard InChI is InChI=1S/C25H27NO5S/c1-6-30-25(28)22-20(18-7-9-19(29-5)10-8-18)14-32-24(22)26-21(27)13-31-23-16(3)11-15(2)12-17(23)4/h7-12,14H,6,13H2,1-5H3,(H,26,27). The quantitative estimate of drug-likeness (QED) is 0.453. The molecule has 0 aliphatic carbocycles. The van der Waals surface area contributed by atoms with E-state index >= 15 is 0 Å². The molecule has 168 valence electrons. The van der Waals surface area contributed by atoms with Crippen molar-refractivity contribution in [2.24, 2.45) is 0 Å². The molecule has 0 aliphatic rings. The lowest BCUT2D eigenvalue weighted by atomic mass is 10.0. The fraction of sp³-hybridized carbons (Fsp3) is 0.280. The Kier molecular flexibility index (Phi) is 7.53. The van der Waals surface area contributed by atoms with Crippen LogP contribution in [0.2, 0.25) is 0 Å². The number of carbonyl (C=O) groups excluding carboxylic acids is 2. The monoisotopic (exact) mass is 453 g/mol. The number of thiophene rings is 1. The number of methoxy groups -OCH3 is 1. The number of anilines is 1. The average Bonchev–Trinajstić information content (AvgIpc) is 3.16. The first-order valence-electron chi connectivity index (χ1n) is 10.3. The summed E-state index contributed by atoms with van der Waals surface area (Å²) in [7, 11) is 1.60. The maximum atomic E-state index is 12.7. The molecular formula is C25H27NO5S. The molecule has 3 aromatic rings. The molecule has 32 heavy (non-hydrogen) atoms. The second-order valence-electron chi connectivity index (χ2n) is 7.37. The Labute approximate surface area is 192 Å². The minimum absolute atomic E-state index is 0.164. The first-order chi connectivity index (χ1) is 15.3. The van der Waals surface area contributed by atoms with Gasteiger partial charge in [0, 0.05) is 10.9 Å². The molecule has 3 rings (SSSR count). The highest BCUT2D eigenvalue weighted by Crippen LogP contribution is 2.37. The highest BCUT2D eigenvalue weighted by atomic mass is 32.1. The largest absolute Gasteiger partial charge is 0.497 e. The molecule has 0 atom stereocenters. The van der Waals surface area contributed by atoms with Gasteiger partial charge in [-0.1, -0.05) is 29.8 Å². The Morgan fingerprint density at radius 1 is 1.03 bits per heavy atom. The zero-order valence-corrected chi connectivity index (χ0v) is 19.7. The van der Waals surface area contributed by atoms with Crippen LogP contribution in [0.15, 0.2) is 41.8 Å². The molecular weight excluding hydrogens is 426 g/mol. The van der Waals surface area contributed by atoms with E-state index < -0.39 is 5.97 Å². The third kappa shape index (κ3) is 5.29. The number of nitrogens with one attached hydrogen (secondary N) is 1. The molecule has 1 heterocycles. The summed E-state index contributed by atoms with van der Waals surface area (Å²) in [6.07, 6.45) is 0. The summed E-state index contributed by atoms with van der Waals surface area (Å²) in [4.78, 5) is 25.3. The van der Waals surface area contributed by atoms with Gasteiger partial charge in [0.05, 0.1) is 13.7 Å². The Balaban J connectivity index is 1.81. The number of ether oxygens (including phenoxy) is 3.